The average molecular weight is 327 g/mol. The molecule has 0 N–H and O–H groups in total. The number of fused-ring (bicyclic) bond motifs is 2. The number of esters is 1. The predicted molar refractivity (Wildman–Crippen MR) is 91.6 cm³/mol. The van der Waals surface area contributed by atoms with E-state index >= 15 is 0 Å². The van der Waals surface area contributed by atoms with Crippen molar-refractivity contribution in [2.75, 3.05) is 7.11 Å². The molecule has 5 nitrogen and oxygen atoms in total. The van der Waals surface area contributed by atoms with Gasteiger partial charge in [0.15, 0.2) is 5.65 Å². The van der Waals surface area contributed by atoms with Crippen LogP contribution in [0.5, 0.6) is 0 Å². The summed E-state index contributed by atoms with van der Waals surface area (Å²) in [5.41, 5.74) is 1.23. The van der Waals surface area contributed by atoms with Crippen molar-refractivity contribution in [2.45, 2.75) is 45.6 Å². The lowest BCUT2D eigenvalue weighted by atomic mass is 9.52. The number of pyridine rings is 1. The van der Waals surface area contributed by atoms with Crippen LogP contribution in [0.4, 0.5) is 0 Å². The lowest BCUT2D eigenvalue weighted by molar-refractivity contribution is -0.0374. The molecule has 0 bridgehead atoms. The van der Waals surface area contributed by atoms with Crippen molar-refractivity contribution in [3.8, 4) is 0 Å². The first-order chi connectivity index (χ1) is 11.7. The monoisotopic (exact) mass is 327 g/mol. The van der Waals surface area contributed by atoms with E-state index in [-0.39, 0.29) is 5.97 Å². The molecule has 3 fully saturated rings. The maximum atomic E-state index is 11.2. The van der Waals surface area contributed by atoms with Gasteiger partial charge in [-0.15, -0.1) is 0 Å². The van der Waals surface area contributed by atoms with Crippen molar-refractivity contribution in [1.82, 2.24) is 14.8 Å². The number of hydrogen-bond acceptors (Lipinski definition) is 4. The summed E-state index contributed by atoms with van der Waals surface area (Å²) in [6.07, 6.45) is 11.1. The first-order valence-electron chi connectivity index (χ1n) is 9.11. The van der Waals surface area contributed by atoms with E-state index in [9.17, 15) is 4.79 Å². The number of carbonyl (C=O) groups is 1. The standard InChI is InChI=1S/C10H11N3O2.C9H14/c1-3-13-9-7(6-12-13)4-8(5-11-9)10(14)15-2;1-2-6(1)9-5-7-3-4-8(7)9/h4-6H,3H2,1-2H3;6-9H,1-5H2. The zero-order valence-electron chi connectivity index (χ0n) is 14.4. The van der Waals surface area contributed by atoms with Crippen molar-refractivity contribution >= 4 is 17.0 Å². The van der Waals surface area contributed by atoms with Crippen LogP contribution in [0.15, 0.2) is 18.5 Å². The summed E-state index contributed by atoms with van der Waals surface area (Å²) in [5.74, 6) is 4.51. The van der Waals surface area contributed by atoms with Gasteiger partial charge in [-0.3, -0.25) is 0 Å². The molecule has 3 aliphatic rings. The first kappa shape index (κ1) is 15.6. The highest BCUT2D eigenvalue weighted by Crippen LogP contribution is 2.61. The second kappa shape index (κ2) is 6.19. The molecule has 2 aromatic rings. The average Bonchev–Trinajstić information content (AvgIpc) is 3.35. The van der Waals surface area contributed by atoms with Crippen LogP contribution >= 0.6 is 0 Å². The Balaban J connectivity index is 0.000000136. The number of aryl methyl sites for hydroxylation is 1. The molecule has 5 rings (SSSR count). The number of methoxy groups -OCH3 is 1. The molecular formula is C19H25N3O2. The van der Waals surface area contributed by atoms with Crippen LogP contribution in [-0.4, -0.2) is 27.8 Å². The maximum absolute atomic E-state index is 11.2. The Kier molecular flexibility index (Phi) is 4.02. The van der Waals surface area contributed by atoms with Crippen LogP contribution in [0.25, 0.3) is 11.0 Å². The van der Waals surface area contributed by atoms with Crippen molar-refractivity contribution in [3.05, 3.63) is 24.0 Å². The SMILES string of the molecule is C1CC2C1CC2C1CC1.CCn1ncc2cc(C(=O)OC)cnc21. The van der Waals surface area contributed by atoms with Crippen LogP contribution in [-0.2, 0) is 11.3 Å². The minimum Gasteiger partial charge on any atom is -0.465 e. The Labute approximate surface area is 142 Å². The molecule has 128 valence electrons. The van der Waals surface area contributed by atoms with E-state index in [2.05, 4.69) is 14.8 Å². The minimum atomic E-state index is -0.381. The Morgan fingerprint density at radius 3 is 2.54 bits per heavy atom. The summed E-state index contributed by atoms with van der Waals surface area (Å²) >= 11 is 0. The smallest absolute Gasteiger partial charge is 0.339 e. The topological polar surface area (TPSA) is 57.0 Å². The van der Waals surface area contributed by atoms with E-state index < -0.39 is 0 Å². The fraction of sp³-hybridized carbons (Fsp3) is 0.632. The molecule has 3 unspecified atom stereocenters. The van der Waals surface area contributed by atoms with Gasteiger partial charge in [0.2, 0.25) is 0 Å². The van der Waals surface area contributed by atoms with E-state index in [1.54, 1.807) is 49.0 Å². The van der Waals surface area contributed by atoms with Gasteiger partial charge in [-0.25, -0.2) is 14.5 Å². The zero-order valence-corrected chi connectivity index (χ0v) is 14.4. The lowest BCUT2D eigenvalue weighted by Crippen LogP contribution is -2.45. The van der Waals surface area contributed by atoms with E-state index in [4.69, 9.17) is 0 Å². The quantitative estimate of drug-likeness (QED) is 0.807. The second-order valence-corrected chi connectivity index (χ2v) is 7.33. The molecule has 3 atom stereocenters. The van der Waals surface area contributed by atoms with Gasteiger partial charge in [-0.2, -0.15) is 5.10 Å². The van der Waals surface area contributed by atoms with E-state index in [0.29, 0.717) is 5.56 Å². The molecule has 0 aliphatic heterocycles. The normalized spacial score (nSPS) is 27.3. The number of ether oxygens (including phenoxy) is 1. The fourth-order valence-electron chi connectivity index (χ4n) is 4.28. The Hall–Kier alpha value is -1.91. The van der Waals surface area contributed by atoms with Crippen LogP contribution in [0.2, 0.25) is 0 Å². The van der Waals surface area contributed by atoms with Gasteiger partial charge < -0.3 is 4.74 Å². The molecule has 2 aromatic heterocycles. The van der Waals surface area contributed by atoms with Crippen molar-refractivity contribution in [2.24, 2.45) is 23.7 Å². The predicted octanol–water partition coefficient (Wildman–Crippen LogP) is 3.68. The molecule has 5 heteroatoms. The Bertz CT molecular complexity index is 750. The van der Waals surface area contributed by atoms with E-state index in [1.807, 2.05) is 6.92 Å². The highest BCUT2D eigenvalue weighted by molar-refractivity contribution is 5.92. The first-order valence-corrected chi connectivity index (χ1v) is 9.11. The van der Waals surface area contributed by atoms with Gasteiger partial charge >= 0.3 is 5.97 Å². The fourth-order valence-corrected chi connectivity index (χ4v) is 4.28. The summed E-state index contributed by atoms with van der Waals surface area (Å²) in [4.78, 5) is 15.4. The van der Waals surface area contributed by atoms with Crippen molar-refractivity contribution in [3.63, 3.8) is 0 Å². The summed E-state index contributed by atoms with van der Waals surface area (Å²) in [7, 11) is 1.35. The third kappa shape index (κ3) is 2.70. The van der Waals surface area contributed by atoms with Crippen LogP contribution in [0.1, 0.15) is 49.4 Å². The summed E-state index contributed by atoms with van der Waals surface area (Å²) < 4.78 is 6.39. The zero-order chi connectivity index (χ0) is 16.7. The van der Waals surface area contributed by atoms with Gasteiger partial charge in [0.05, 0.1) is 18.9 Å². The summed E-state index contributed by atoms with van der Waals surface area (Å²) in [5, 5.41) is 4.99. The molecular weight excluding hydrogens is 302 g/mol. The second-order valence-electron chi connectivity index (χ2n) is 7.33. The number of hydrogen-bond donors (Lipinski definition) is 0. The Morgan fingerprint density at radius 1 is 1.21 bits per heavy atom. The maximum Gasteiger partial charge on any atom is 0.339 e. The molecule has 24 heavy (non-hydrogen) atoms. The van der Waals surface area contributed by atoms with Crippen LogP contribution in [0, 0.1) is 23.7 Å². The van der Waals surface area contributed by atoms with Crippen LogP contribution < -0.4 is 0 Å². The molecule has 0 radical (unpaired) electrons. The number of nitrogens with zero attached hydrogens (tertiary/aromatic N) is 3. The Morgan fingerprint density at radius 2 is 2.00 bits per heavy atom. The van der Waals surface area contributed by atoms with E-state index in [0.717, 1.165) is 17.6 Å². The van der Waals surface area contributed by atoms with Gasteiger partial charge in [0.1, 0.15) is 0 Å². The summed E-state index contributed by atoms with van der Waals surface area (Å²) in [6.45, 7) is 2.75. The molecule has 0 aromatic carbocycles. The van der Waals surface area contributed by atoms with Crippen molar-refractivity contribution in [1.29, 1.82) is 0 Å². The third-order valence-corrected chi connectivity index (χ3v) is 6.03. The molecule has 2 heterocycles. The third-order valence-electron chi connectivity index (χ3n) is 6.03. The van der Waals surface area contributed by atoms with E-state index in [1.165, 1.54) is 37.0 Å². The van der Waals surface area contributed by atoms with Crippen molar-refractivity contribution < 1.29 is 9.53 Å². The van der Waals surface area contributed by atoms with Gasteiger partial charge in [0.25, 0.3) is 0 Å². The largest absolute Gasteiger partial charge is 0.465 e. The highest BCUT2D eigenvalue weighted by Gasteiger charge is 2.52. The summed E-state index contributed by atoms with van der Waals surface area (Å²) in [6, 6.07) is 1.73. The van der Waals surface area contributed by atoms with Gasteiger partial charge in [-0.05, 0) is 68.8 Å². The number of aromatic nitrogens is 3. The van der Waals surface area contributed by atoms with Crippen LogP contribution in [0.3, 0.4) is 0 Å². The highest BCUT2D eigenvalue weighted by atomic mass is 16.5. The number of rotatable bonds is 3. The van der Waals surface area contributed by atoms with Gasteiger partial charge in [0, 0.05) is 18.1 Å². The molecule has 0 amide bonds. The molecule has 0 spiro atoms. The molecule has 3 aliphatic carbocycles. The molecule has 3 saturated carbocycles. The number of carbonyl (C=O) groups excluding carboxylic acids is 1. The lowest BCUT2D eigenvalue weighted by Gasteiger charge is -2.53. The van der Waals surface area contributed by atoms with Gasteiger partial charge in [-0.1, -0.05) is 0 Å². The minimum absolute atomic E-state index is 0.381. The molecule has 0 saturated heterocycles.